The van der Waals surface area contributed by atoms with Crippen molar-refractivity contribution < 1.29 is 0 Å². The van der Waals surface area contributed by atoms with E-state index in [2.05, 4.69) is 53.8 Å². The quantitative estimate of drug-likeness (QED) is 0.731. The average Bonchev–Trinajstić information content (AvgIpc) is 2.15. The Morgan fingerprint density at radius 1 is 1.06 bits per heavy atom. The van der Waals surface area contributed by atoms with Gasteiger partial charge in [0.15, 0.2) is 0 Å². The molecule has 0 saturated carbocycles. The molecule has 0 bridgehead atoms. The predicted octanol–water partition coefficient (Wildman–Crippen LogP) is 4.74. The molecule has 0 aromatic carbocycles. The zero-order valence-corrected chi connectivity index (χ0v) is 12.9. The largest absolute Gasteiger partial charge is 0.388 e. The molecule has 1 atom stereocenters. The van der Waals surface area contributed by atoms with Crippen LogP contribution in [0.4, 0.5) is 0 Å². The summed E-state index contributed by atoms with van der Waals surface area (Å²) in [5, 5.41) is 3.73. The van der Waals surface area contributed by atoms with Gasteiger partial charge < -0.3 is 5.32 Å². The second-order valence-electron chi connectivity index (χ2n) is 7.59. The standard InChI is InChI=1S/C16H31N/c1-8-9-12-10-13(15(2,3)4)14(17-11-12)16(5,6)7/h12,17H,8-11H2,1-7H3. The fourth-order valence-electron chi connectivity index (χ4n) is 2.83. The molecule has 1 N–H and O–H groups in total. The summed E-state index contributed by atoms with van der Waals surface area (Å²) in [5.41, 5.74) is 3.69. The Bertz CT molecular complexity index is 286. The molecular weight excluding hydrogens is 206 g/mol. The highest BCUT2D eigenvalue weighted by Gasteiger charge is 2.32. The highest BCUT2D eigenvalue weighted by atomic mass is 14.9. The Kier molecular flexibility index (Phi) is 4.33. The summed E-state index contributed by atoms with van der Waals surface area (Å²) in [6.07, 6.45) is 3.94. The van der Waals surface area contributed by atoms with E-state index in [4.69, 9.17) is 0 Å². The molecule has 1 unspecified atom stereocenters. The fraction of sp³-hybridized carbons (Fsp3) is 0.875. The topological polar surface area (TPSA) is 12.0 Å². The Morgan fingerprint density at radius 3 is 2.06 bits per heavy atom. The van der Waals surface area contributed by atoms with Crippen LogP contribution in [0.25, 0.3) is 0 Å². The zero-order valence-electron chi connectivity index (χ0n) is 12.9. The van der Waals surface area contributed by atoms with Gasteiger partial charge in [-0.25, -0.2) is 0 Å². The summed E-state index contributed by atoms with van der Waals surface area (Å²) in [6.45, 7) is 17.5. The van der Waals surface area contributed by atoms with Crippen LogP contribution in [-0.4, -0.2) is 6.54 Å². The summed E-state index contributed by atoms with van der Waals surface area (Å²) in [5.74, 6) is 0.834. The summed E-state index contributed by atoms with van der Waals surface area (Å²) >= 11 is 0. The predicted molar refractivity (Wildman–Crippen MR) is 77.0 cm³/mol. The minimum absolute atomic E-state index is 0.250. The van der Waals surface area contributed by atoms with Crippen molar-refractivity contribution >= 4 is 0 Å². The molecule has 100 valence electrons. The van der Waals surface area contributed by atoms with E-state index in [0.717, 1.165) is 5.92 Å². The van der Waals surface area contributed by atoms with Crippen LogP contribution in [0.5, 0.6) is 0 Å². The minimum Gasteiger partial charge on any atom is -0.388 e. The van der Waals surface area contributed by atoms with Crippen molar-refractivity contribution in [2.75, 3.05) is 6.54 Å². The SMILES string of the molecule is CCCC1CNC(C(C)(C)C)=C(C(C)(C)C)C1. The summed E-state index contributed by atoms with van der Waals surface area (Å²) < 4.78 is 0. The second-order valence-corrected chi connectivity index (χ2v) is 7.59. The molecule has 1 heteroatoms. The molecule has 0 spiro atoms. The number of allylic oxidation sites excluding steroid dienone is 2. The van der Waals surface area contributed by atoms with Crippen LogP contribution in [0.3, 0.4) is 0 Å². The maximum absolute atomic E-state index is 3.73. The van der Waals surface area contributed by atoms with Crippen molar-refractivity contribution in [2.45, 2.75) is 67.7 Å². The Balaban J connectivity index is 3.03. The number of rotatable bonds is 2. The van der Waals surface area contributed by atoms with Gasteiger partial charge in [0.25, 0.3) is 0 Å². The van der Waals surface area contributed by atoms with Gasteiger partial charge in [0.05, 0.1) is 0 Å². The van der Waals surface area contributed by atoms with E-state index in [0.29, 0.717) is 5.41 Å². The first-order valence-electron chi connectivity index (χ1n) is 7.14. The van der Waals surface area contributed by atoms with E-state index in [1.165, 1.54) is 31.5 Å². The molecule has 17 heavy (non-hydrogen) atoms. The Hall–Kier alpha value is -0.460. The van der Waals surface area contributed by atoms with Gasteiger partial charge in [0.1, 0.15) is 0 Å². The van der Waals surface area contributed by atoms with Gasteiger partial charge >= 0.3 is 0 Å². The van der Waals surface area contributed by atoms with E-state index in [1.807, 2.05) is 0 Å². The second kappa shape index (κ2) is 5.04. The molecule has 0 aromatic rings. The van der Waals surface area contributed by atoms with Crippen LogP contribution in [0.15, 0.2) is 11.3 Å². The molecule has 0 fully saturated rings. The third-order valence-electron chi connectivity index (χ3n) is 3.71. The van der Waals surface area contributed by atoms with Gasteiger partial charge in [0, 0.05) is 17.7 Å². The van der Waals surface area contributed by atoms with Crippen molar-refractivity contribution in [3.8, 4) is 0 Å². The highest BCUT2D eigenvalue weighted by Crippen LogP contribution is 2.41. The van der Waals surface area contributed by atoms with E-state index >= 15 is 0 Å². The van der Waals surface area contributed by atoms with Crippen LogP contribution in [-0.2, 0) is 0 Å². The summed E-state index contributed by atoms with van der Waals surface area (Å²) in [6, 6.07) is 0. The number of nitrogens with one attached hydrogen (secondary N) is 1. The van der Waals surface area contributed by atoms with Crippen LogP contribution in [0.2, 0.25) is 0 Å². The van der Waals surface area contributed by atoms with Crippen molar-refractivity contribution in [1.82, 2.24) is 5.32 Å². The lowest BCUT2D eigenvalue weighted by Gasteiger charge is -2.40. The van der Waals surface area contributed by atoms with Crippen molar-refractivity contribution in [3.05, 3.63) is 11.3 Å². The van der Waals surface area contributed by atoms with Crippen LogP contribution in [0.1, 0.15) is 67.7 Å². The third kappa shape index (κ3) is 3.76. The van der Waals surface area contributed by atoms with Gasteiger partial charge in [-0.2, -0.15) is 0 Å². The lowest BCUT2D eigenvalue weighted by Crippen LogP contribution is -2.38. The Labute approximate surface area is 108 Å². The molecule has 0 amide bonds. The molecular formula is C16H31N. The lowest BCUT2D eigenvalue weighted by atomic mass is 9.72. The van der Waals surface area contributed by atoms with E-state index in [1.54, 1.807) is 5.57 Å². The first kappa shape index (κ1) is 14.6. The maximum Gasteiger partial charge on any atom is 0.0175 e. The number of hydrogen-bond acceptors (Lipinski definition) is 1. The summed E-state index contributed by atoms with van der Waals surface area (Å²) in [7, 11) is 0. The fourth-order valence-corrected chi connectivity index (χ4v) is 2.83. The van der Waals surface area contributed by atoms with Gasteiger partial charge in [-0.05, 0) is 29.7 Å². The molecule has 1 nitrogen and oxygen atoms in total. The molecule has 0 aromatic heterocycles. The van der Waals surface area contributed by atoms with Gasteiger partial charge in [-0.15, -0.1) is 0 Å². The van der Waals surface area contributed by atoms with Crippen molar-refractivity contribution in [2.24, 2.45) is 16.7 Å². The number of hydrogen-bond donors (Lipinski definition) is 1. The van der Waals surface area contributed by atoms with Gasteiger partial charge in [0.2, 0.25) is 0 Å². The van der Waals surface area contributed by atoms with Gasteiger partial charge in [-0.3, -0.25) is 0 Å². The van der Waals surface area contributed by atoms with Gasteiger partial charge in [-0.1, -0.05) is 54.9 Å². The van der Waals surface area contributed by atoms with E-state index in [-0.39, 0.29) is 5.41 Å². The molecule has 1 heterocycles. The molecule has 0 saturated heterocycles. The normalized spacial score (nSPS) is 22.6. The van der Waals surface area contributed by atoms with Crippen molar-refractivity contribution in [3.63, 3.8) is 0 Å². The first-order valence-corrected chi connectivity index (χ1v) is 7.14. The molecule has 0 aliphatic carbocycles. The average molecular weight is 237 g/mol. The van der Waals surface area contributed by atoms with Crippen LogP contribution >= 0.6 is 0 Å². The maximum atomic E-state index is 3.73. The van der Waals surface area contributed by atoms with E-state index < -0.39 is 0 Å². The molecule has 1 rings (SSSR count). The zero-order chi connectivity index (χ0) is 13.3. The highest BCUT2D eigenvalue weighted by molar-refractivity contribution is 5.26. The molecule has 1 aliphatic heterocycles. The van der Waals surface area contributed by atoms with Crippen LogP contribution < -0.4 is 5.32 Å². The Morgan fingerprint density at radius 2 is 1.65 bits per heavy atom. The minimum atomic E-state index is 0.250. The smallest absolute Gasteiger partial charge is 0.0175 e. The first-order chi connectivity index (χ1) is 7.66. The van der Waals surface area contributed by atoms with E-state index in [9.17, 15) is 0 Å². The summed E-state index contributed by atoms with van der Waals surface area (Å²) in [4.78, 5) is 0. The van der Waals surface area contributed by atoms with Crippen LogP contribution in [0, 0.1) is 16.7 Å². The molecule has 0 radical (unpaired) electrons. The van der Waals surface area contributed by atoms with Crippen molar-refractivity contribution in [1.29, 1.82) is 0 Å². The third-order valence-corrected chi connectivity index (χ3v) is 3.71. The monoisotopic (exact) mass is 237 g/mol. The molecule has 1 aliphatic rings. The lowest BCUT2D eigenvalue weighted by molar-refractivity contribution is 0.322.